The molecule has 0 fully saturated rings. The average molecular weight is 841 g/mol. The Balaban J connectivity index is -0.0000000659. The standard InChI is InChI=1S/3C5H12O4.6C3H4O2/c3*6-1-5(2-7,3-8)4-9;6*1-2-3(4)5/h3*6-9H,1-4H2;6*2H,1H2,(H,4,5). The zero-order valence-electron chi connectivity index (χ0n) is 31.2. The first-order chi connectivity index (χ1) is 26.3. The van der Waals surface area contributed by atoms with Crippen molar-refractivity contribution in [1.82, 2.24) is 0 Å². The van der Waals surface area contributed by atoms with Crippen LogP contribution in [0, 0.1) is 16.2 Å². The SMILES string of the molecule is C=CC(=O)O.C=CC(=O)O.C=CC(=O)O.C=CC(=O)O.C=CC(=O)O.C=CC(=O)O.OCC(CO)(CO)CO.OCC(CO)(CO)CO.OCC(CO)(CO)CO. The first kappa shape index (κ1) is 73.0. The molecule has 0 unspecified atom stereocenters. The summed E-state index contributed by atoms with van der Waals surface area (Å²) in [4.78, 5) is 55.5. The van der Waals surface area contributed by atoms with E-state index < -0.39 is 131 Å². The van der Waals surface area contributed by atoms with Crippen molar-refractivity contribution in [2.24, 2.45) is 16.2 Å². The van der Waals surface area contributed by atoms with Crippen LogP contribution in [0.25, 0.3) is 0 Å². The minimum absolute atomic E-state index is 0.406. The summed E-state index contributed by atoms with van der Waals surface area (Å²) in [6.45, 7) is 12.9. The van der Waals surface area contributed by atoms with Gasteiger partial charge in [0.1, 0.15) is 0 Å². The maximum absolute atomic E-state index is 9.25. The molecule has 0 aliphatic rings. The zero-order valence-corrected chi connectivity index (χ0v) is 31.2. The normalized spacial score (nSPS) is 9.05. The second-order valence-corrected chi connectivity index (χ2v) is 9.65. The molecule has 24 heteroatoms. The molecule has 0 heterocycles. The van der Waals surface area contributed by atoms with Crippen LogP contribution in [0.5, 0.6) is 0 Å². The van der Waals surface area contributed by atoms with Gasteiger partial charge in [0.05, 0.1) is 95.5 Å². The van der Waals surface area contributed by atoms with Gasteiger partial charge >= 0.3 is 35.8 Å². The summed E-state index contributed by atoms with van der Waals surface area (Å²) >= 11 is 0. The van der Waals surface area contributed by atoms with Gasteiger partial charge in [-0.2, -0.15) is 0 Å². The zero-order chi connectivity index (χ0) is 47.7. The van der Waals surface area contributed by atoms with E-state index in [-0.39, 0.29) is 0 Å². The van der Waals surface area contributed by atoms with Crippen LogP contribution >= 0.6 is 0 Å². The first-order valence-electron chi connectivity index (χ1n) is 14.8. The van der Waals surface area contributed by atoms with Gasteiger partial charge in [0.15, 0.2) is 0 Å². The molecule has 0 saturated carbocycles. The van der Waals surface area contributed by atoms with Crippen molar-refractivity contribution >= 4 is 35.8 Å². The van der Waals surface area contributed by atoms with Crippen LogP contribution in [0.2, 0.25) is 0 Å². The van der Waals surface area contributed by atoms with E-state index in [2.05, 4.69) is 39.5 Å². The summed E-state index contributed by atoms with van der Waals surface area (Å²) in [7, 11) is 0. The molecule has 0 aliphatic carbocycles. The van der Waals surface area contributed by atoms with E-state index in [9.17, 15) is 28.8 Å². The molecule has 336 valence electrons. The topological polar surface area (TPSA) is 467 Å². The molecule has 0 rings (SSSR count). The molecule has 0 aromatic carbocycles. The number of hydrogen-bond acceptors (Lipinski definition) is 18. The number of hydrogen-bond donors (Lipinski definition) is 18. The Kier molecular flexibility index (Phi) is 67.7. The van der Waals surface area contributed by atoms with E-state index in [0.717, 1.165) is 36.5 Å². The lowest BCUT2D eigenvalue weighted by atomic mass is 9.93. The smallest absolute Gasteiger partial charge is 0.327 e. The quantitative estimate of drug-likeness (QED) is 0.0577. The van der Waals surface area contributed by atoms with Crippen LogP contribution in [0.15, 0.2) is 75.9 Å². The maximum Gasteiger partial charge on any atom is 0.327 e. The lowest BCUT2D eigenvalue weighted by Crippen LogP contribution is -2.37. The van der Waals surface area contributed by atoms with Gasteiger partial charge in [0.2, 0.25) is 0 Å². The number of aliphatic hydroxyl groups is 12. The van der Waals surface area contributed by atoms with Gasteiger partial charge in [0.25, 0.3) is 0 Å². The van der Waals surface area contributed by atoms with Gasteiger partial charge in [-0.3, -0.25) is 0 Å². The molecule has 0 aliphatic heterocycles. The van der Waals surface area contributed by atoms with Crippen LogP contribution in [-0.2, 0) is 28.8 Å². The van der Waals surface area contributed by atoms with Crippen molar-refractivity contribution < 1.29 is 121 Å². The van der Waals surface area contributed by atoms with E-state index in [0.29, 0.717) is 0 Å². The minimum Gasteiger partial charge on any atom is -0.478 e. The number of carboxylic acids is 6. The van der Waals surface area contributed by atoms with Gasteiger partial charge in [-0.25, -0.2) is 28.8 Å². The first-order valence-corrected chi connectivity index (χ1v) is 14.8. The molecule has 0 saturated heterocycles. The van der Waals surface area contributed by atoms with E-state index in [4.69, 9.17) is 91.9 Å². The highest BCUT2D eigenvalue weighted by molar-refractivity contribution is 5.80. The molecular formula is C33H60O24. The van der Waals surface area contributed by atoms with Gasteiger partial charge in [0, 0.05) is 36.5 Å². The summed E-state index contributed by atoms with van der Waals surface area (Å²) in [6.07, 6.45) is 5.00. The third-order valence-corrected chi connectivity index (χ3v) is 5.07. The maximum atomic E-state index is 9.25. The van der Waals surface area contributed by atoms with Crippen molar-refractivity contribution in [2.45, 2.75) is 0 Å². The van der Waals surface area contributed by atoms with Crippen molar-refractivity contribution in [3.05, 3.63) is 75.9 Å². The monoisotopic (exact) mass is 840 g/mol. The fraction of sp³-hybridized carbons (Fsp3) is 0.455. The Morgan fingerprint density at radius 1 is 0.263 bits per heavy atom. The Hall–Kier alpha value is -5.22. The molecule has 57 heavy (non-hydrogen) atoms. The summed E-state index contributed by atoms with van der Waals surface area (Å²) in [6, 6.07) is 0. The highest BCUT2D eigenvalue weighted by Gasteiger charge is 2.27. The Morgan fingerprint density at radius 2 is 0.316 bits per heavy atom. The third-order valence-electron chi connectivity index (χ3n) is 5.07. The van der Waals surface area contributed by atoms with Crippen LogP contribution in [0.4, 0.5) is 0 Å². The second-order valence-electron chi connectivity index (χ2n) is 9.65. The van der Waals surface area contributed by atoms with Crippen LogP contribution in [-0.4, -0.2) is 207 Å². The van der Waals surface area contributed by atoms with Crippen molar-refractivity contribution in [3.63, 3.8) is 0 Å². The number of carboxylic acid groups (broad SMARTS) is 6. The van der Waals surface area contributed by atoms with Crippen LogP contribution in [0.1, 0.15) is 0 Å². The molecule has 0 bridgehead atoms. The number of carbonyl (C=O) groups is 6. The van der Waals surface area contributed by atoms with Gasteiger partial charge in [-0.05, 0) is 0 Å². The Morgan fingerprint density at radius 3 is 0.316 bits per heavy atom. The summed E-state index contributed by atoms with van der Waals surface area (Å²) in [5, 5.41) is 148. The summed E-state index contributed by atoms with van der Waals surface area (Å²) in [5.74, 6) is -5.89. The van der Waals surface area contributed by atoms with Crippen LogP contribution in [0.3, 0.4) is 0 Å². The number of aliphatic hydroxyl groups excluding tert-OH is 12. The van der Waals surface area contributed by atoms with Gasteiger partial charge in [-0.1, -0.05) is 39.5 Å². The molecule has 0 spiro atoms. The largest absolute Gasteiger partial charge is 0.478 e. The fourth-order valence-electron chi connectivity index (χ4n) is 0.900. The third kappa shape index (κ3) is 66.0. The molecule has 0 radical (unpaired) electrons. The molecular weight excluding hydrogens is 780 g/mol. The molecule has 0 amide bonds. The second kappa shape index (κ2) is 52.9. The lowest BCUT2D eigenvalue weighted by molar-refractivity contribution is -0.132. The molecule has 0 aromatic rings. The average Bonchev–Trinajstić information content (AvgIpc) is 3.22. The summed E-state index contributed by atoms with van der Waals surface area (Å²) in [5.41, 5.74) is -3.33. The number of rotatable bonds is 18. The van der Waals surface area contributed by atoms with E-state index in [1.54, 1.807) is 0 Å². The Labute approximate surface area is 328 Å². The molecule has 18 N–H and O–H groups in total. The van der Waals surface area contributed by atoms with Gasteiger partial charge in [-0.15, -0.1) is 0 Å². The van der Waals surface area contributed by atoms with Gasteiger partial charge < -0.3 is 91.9 Å². The minimum atomic E-state index is -1.11. The molecule has 0 atom stereocenters. The molecule has 24 nitrogen and oxygen atoms in total. The predicted molar refractivity (Wildman–Crippen MR) is 199 cm³/mol. The summed E-state index contributed by atoms with van der Waals surface area (Å²) < 4.78 is 0. The Bertz CT molecular complexity index is 836. The van der Waals surface area contributed by atoms with E-state index in [1.165, 1.54) is 0 Å². The van der Waals surface area contributed by atoms with Crippen LogP contribution < -0.4 is 0 Å². The predicted octanol–water partition coefficient (Wildman–Crippen LogP) is -4.63. The van der Waals surface area contributed by atoms with Crippen molar-refractivity contribution in [1.29, 1.82) is 0 Å². The number of aliphatic carboxylic acids is 6. The van der Waals surface area contributed by atoms with Crippen molar-refractivity contribution in [2.75, 3.05) is 79.3 Å². The lowest BCUT2D eigenvalue weighted by Gasteiger charge is -2.23. The highest BCUT2D eigenvalue weighted by Crippen LogP contribution is 2.13. The molecule has 0 aromatic heterocycles. The van der Waals surface area contributed by atoms with Crippen molar-refractivity contribution in [3.8, 4) is 0 Å². The fourth-order valence-corrected chi connectivity index (χ4v) is 0.900. The van der Waals surface area contributed by atoms with E-state index >= 15 is 0 Å². The van der Waals surface area contributed by atoms with E-state index in [1.807, 2.05) is 0 Å². The highest BCUT2D eigenvalue weighted by atomic mass is 16.4.